The van der Waals surface area contributed by atoms with E-state index in [4.69, 9.17) is 4.98 Å². The molecule has 3 atom stereocenters. The molecule has 0 radical (unpaired) electrons. The Morgan fingerprint density at radius 2 is 1.47 bits per heavy atom. The normalized spacial score (nSPS) is 20.3. The monoisotopic (exact) mass is 810 g/mol. The number of rotatable bonds is 4. The van der Waals surface area contributed by atoms with E-state index in [2.05, 4.69) is 180 Å². The Morgan fingerprint density at radius 3 is 2.37 bits per heavy atom. The zero-order valence-electron chi connectivity index (χ0n) is 26.8. The Bertz CT molecular complexity index is 2440. The van der Waals surface area contributed by atoms with Gasteiger partial charge in [-0.3, -0.25) is 0 Å². The Hall–Kier alpha value is -5.18. The first-order valence-corrected chi connectivity index (χ1v) is 16.5. The fourth-order valence-corrected chi connectivity index (χ4v) is 8.57. The molecule has 49 heavy (non-hydrogen) atoms. The summed E-state index contributed by atoms with van der Waals surface area (Å²) in [6, 6.07) is 51.6. The smallest absolute Gasteiger partial charge is 0.135 e. The summed E-state index contributed by atoms with van der Waals surface area (Å²) in [6.07, 6.45) is 11.1. The average Bonchev–Trinajstić information content (AvgIpc) is 3.78. The number of anilines is 3. The summed E-state index contributed by atoms with van der Waals surface area (Å²) in [5.74, 6) is 1.27. The third-order valence-corrected chi connectivity index (χ3v) is 10.5. The van der Waals surface area contributed by atoms with Crippen LogP contribution in [0.2, 0.25) is 0 Å². The van der Waals surface area contributed by atoms with Crippen molar-refractivity contribution in [1.29, 1.82) is 0 Å². The summed E-state index contributed by atoms with van der Waals surface area (Å²) < 4.78 is 2.27. The zero-order valence-corrected chi connectivity index (χ0v) is 29.0. The number of nitrogens with zero attached hydrogens (tertiary/aromatic N) is 4. The van der Waals surface area contributed by atoms with E-state index in [9.17, 15) is 0 Å². The Morgan fingerprint density at radius 1 is 0.694 bits per heavy atom. The van der Waals surface area contributed by atoms with Gasteiger partial charge in [0, 0.05) is 61.4 Å². The molecule has 2 aliphatic carbocycles. The van der Waals surface area contributed by atoms with Crippen molar-refractivity contribution in [3.8, 4) is 5.82 Å². The van der Waals surface area contributed by atoms with Crippen LogP contribution < -0.4 is 9.80 Å². The SMILES string of the molecule is CN1[CH-]N(c2[c-]c(C3(c4[c-]c5c(cc4)c4ccccc4n5-c4ccccn4)c4ccccc4C4C=CC=CC43)ccc2)c2ccccc21.[Pt]. The van der Waals surface area contributed by atoms with Gasteiger partial charge in [0.25, 0.3) is 0 Å². The molecule has 0 amide bonds. The van der Waals surface area contributed by atoms with Crippen LogP contribution in [0.15, 0.2) is 152 Å². The molecular formula is C44H31N4Pt-3. The van der Waals surface area contributed by atoms with Gasteiger partial charge in [0.2, 0.25) is 0 Å². The minimum Gasteiger partial charge on any atom is -0.504 e. The Labute approximate surface area is 300 Å². The first-order valence-electron chi connectivity index (χ1n) is 16.5. The second-order valence-corrected chi connectivity index (χ2v) is 12.9. The number of aromatic nitrogens is 2. The van der Waals surface area contributed by atoms with Gasteiger partial charge < -0.3 is 14.4 Å². The molecule has 3 aliphatic rings. The summed E-state index contributed by atoms with van der Waals surface area (Å²) >= 11 is 0. The third-order valence-electron chi connectivity index (χ3n) is 10.5. The molecule has 2 aromatic heterocycles. The van der Waals surface area contributed by atoms with Gasteiger partial charge in [0.15, 0.2) is 0 Å². The van der Waals surface area contributed by atoms with Crippen molar-refractivity contribution in [2.45, 2.75) is 11.3 Å². The molecule has 1 aliphatic heterocycles. The van der Waals surface area contributed by atoms with Gasteiger partial charge in [0.1, 0.15) is 5.82 Å². The van der Waals surface area contributed by atoms with E-state index < -0.39 is 5.41 Å². The molecule has 7 aromatic rings. The minimum atomic E-state index is -0.538. The largest absolute Gasteiger partial charge is 0.504 e. The van der Waals surface area contributed by atoms with E-state index in [0.717, 1.165) is 39.4 Å². The number of hydrogen-bond acceptors (Lipinski definition) is 3. The van der Waals surface area contributed by atoms with E-state index in [1.165, 1.54) is 27.6 Å². The molecule has 0 fully saturated rings. The number of para-hydroxylation sites is 3. The molecule has 4 nitrogen and oxygen atoms in total. The van der Waals surface area contributed by atoms with Crippen molar-refractivity contribution >= 4 is 38.9 Å². The molecule has 0 spiro atoms. The van der Waals surface area contributed by atoms with E-state index in [-0.39, 0.29) is 32.9 Å². The number of fused-ring (bicyclic) bond motifs is 7. The standard InChI is InChI=1S/C44H31N4.Pt/c1-46-29-47(41-22-9-8-21-40(41)46)32-14-12-13-30(27-32)44(37-18-5-2-15-33(37)34-16-3-6-19-38(34)44)31-24-25-36-35-17-4-7-20-39(35)48(42(36)28-31)43-23-10-11-26-45-43;/h2-26,29,33,37H,1H3;/q-3;. The topological polar surface area (TPSA) is 24.3 Å². The van der Waals surface area contributed by atoms with Crippen LogP contribution in [0.1, 0.15) is 28.2 Å². The van der Waals surface area contributed by atoms with Crippen molar-refractivity contribution in [2.24, 2.45) is 5.92 Å². The van der Waals surface area contributed by atoms with Crippen LogP contribution in [0.4, 0.5) is 17.1 Å². The molecule has 3 heterocycles. The molecule has 240 valence electrons. The first-order chi connectivity index (χ1) is 23.7. The van der Waals surface area contributed by atoms with E-state index in [1.807, 2.05) is 12.3 Å². The summed E-state index contributed by atoms with van der Waals surface area (Å²) in [5.41, 5.74) is 9.90. The van der Waals surface area contributed by atoms with E-state index in [0.29, 0.717) is 0 Å². The molecule has 0 bridgehead atoms. The van der Waals surface area contributed by atoms with Crippen LogP contribution >= 0.6 is 0 Å². The van der Waals surface area contributed by atoms with E-state index in [1.54, 1.807) is 0 Å². The predicted octanol–water partition coefficient (Wildman–Crippen LogP) is 9.66. The van der Waals surface area contributed by atoms with Crippen molar-refractivity contribution in [3.05, 3.63) is 193 Å². The van der Waals surface area contributed by atoms with Crippen LogP contribution in [-0.4, -0.2) is 16.6 Å². The fourth-order valence-electron chi connectivity index (χ4n) is 8.57. The zero-order chi connectivity index (χ0) is 31.8. The number of allylic oxidation sites excluding steroid dienone is 4. The predicted molar refractivity (Wildman–Crippen MR) is 195 cm³/mol. The Balaban J connectivity index is 0.00000325. The van der Waals surface area contributed by atoms with Crippen LogP contribution in [0.25, 0.3) is 27.6 Å². The van der Waals surface area contributed by atoms with Crippen molar-refractivity contribution in [3.63, 3.8) is 0 Å². The maximum atomic E-state index is 4.81. The van der Waals surface area contributed by atoms with Gasteiger partial charge in [-0.1, -0.05) is 90.5 Å². The second kappa shape index (κ2) is 11.5. The summed E-state index contributed by atoms with van der Waals surface area (Å²) in [6.45, 7) is 2.16. The van der Waals surface area contributed by atoms with Crippen LogP contribution in [0.3, 0.4) is 0 Å². The van der Waals surface area contributed by atoms with Crippen molar-refractivity contribution < 1.29 is 21.1 Å². The molecule has 5 heteroatoms. The van der Waals surface area contributed by atoms with Crippen molar-refractivity contribution in [2.75, 3.05) is 16.8 Å². The number of pyridine rings is 1. The molecule has 0 saturated heterocycles. The maximum Gasteiger partial charge on any atom is 0.135 e. The molecule has 5 aromatic carbocycles. The fraction of sp³-hybridized carbons (Fsp3) is 0.0909. The second-order valence-electron chi connectivity index (χ2n) is 12.9. The summed E-state index contributed by atoms with van der Waals surface area (Å²) in [5, 5.41) is 2.36. The Kier molecular flexibility index (Phi) is 7.00. The van der Waals surface area contributed by atoms with Crippen molar-refractivity contribution in [1.82, 2.24) is 9.55 Å². The molecule has 0 saturated carbocycles. The van der Waals surface area contributed by atoms with Gasteiger partial charge >= 0.3 is 0 Å². The van der Waals surface area contributed by atoms with Crippen LogP contribution in [0, 0.1) is 24.7 Å². The van der Waals surface area contributed by atoms with E-state index >= 15 is 0 Å². The molecule has 3 unspecified atom stereocenters. The van der Waals surface area contributed by atoms with Gasteiger partial charge in [-0.15, -0.1) is 22.2 Å². The number of benzene rings is 5. The van der Waals surface area contributed by atoms with Gasteiger partial charge in [-0.05, 0) is 53.9 Å². The average molecular weight is 811 g/mol. The quantitative estimate of drug-likeness (QED) is 0.166. The maximum absolute atomic E-state index is 4.81. The van der Waals surface area contributed by atoms with Gasteiger partial charge in [-0.2, -0.15) is 49.1 Å². The summed E-state index contributed by atoms with van der Waals surface area (Å²) in [7, 11) is 2.10. The van der Waals surface area contributed by atoms with Crippen LogP contribution in [-0.2, 0) is 26.5 Å². The molecule has 10 rings (SSSR count). The van der Waals surface area contributed by atoms with Gasteiger partial charge in [-0.25, -0.2) is 4.98 Å². The molecular weight excluding hydrogens is 780 g/mol. The molecule has 0 N–H and O–H groups in total. The van der Waals surface area contributed by atoms with Gasteiger partial charge in [0.05, 0.1) is 0 Å². The summed E-state index contributed by atoms with van der Waals surface area (Å²) in [4.78, 5) is 9.25. The minimum absolute atomic E-state index is 0. The van der Waals surface area contributed by atoms with Crippen LogP contribution in [0.5, 0.6) is 0 Å². The number of hydrogen-bond donors (Lipinski definition) is 0. The first kappa shape index (κ1) is 29.9. The third kappa shape index (κ3) is 4.23.